The predicted molar refractivity (Wildman–Crippen MR) is 65.9 cm³/mol. The maximum Gasteiger partial charge on any atom is 0.408 e. The van der Waals surface area contributed by atoms with Crippen LogP contribution in [0.25, 0.3) is 0 Å². The first-order valence-corrected chi connectivity index (χ1v) is 5.42. The molecule has 1 aromatic carbocycles. The number of ether oxygens (including phenoxy) is 1. The van der Waals surface area contributed by atoms with Crippen LogP contribution in [0.1, 0.15) is 11.6 Å². The van der Waals surface area contributed by atoms with Gasteiger partial charge in [-0.2, -0.15) is 0 Å². The first-order chi connectivity index (χ1) is 7.90. The molecule has 1 fully saturated rings. The number of alkyl carbamates (subject to hydrolysis) is 1. The maximum absolute atomic E-state index is 13.5. The van der Waals surface area contributed by atoms with E-state index >= 15 is 0 Å². The third-order valence-corrected chi connectivity index (χ3v) is 3.10. The van der Waals surface area contributed by atoms with Gasteiger partial charge in [0, 0.05) is 0 Å². The van der Waals surface area contributed by atoms with Crippen molar-refractivity contribution in [2.75, 3.05) is 6.61 Å². The van der Waals surface area contributed by atoms with Crippen molar-refractivity contribution >= 4 is 41.7 Å². The summed E-state index contributed by atoms with van der Waals surface area (Å²) in [5.41, 5.74) is 0.182. The zero-order chi connectivity index (χ0) is 12.6. The lowest BCUT2D eigenvalue weighted by Gasteiger charge is -2.31. The van der Waals surface area contributed by atoms with Crippen LogP contribution >= 0.6 is 35.6 Å². The SMILES string of the molecule is Cl.O=C1N[C@H](c2ccc(Cl)c(Cl)c2)C(F)(F)CO1. The topological polar surface area (TPSA) is 38.3 Å². The van der Waals surface area contributed by atoms with Gasteiger partial charge < -0.3 is 10.1 Å². The Morgan fingerprint density at radius 2 is 2.00 bits per heavy atom. The molecule has 0 aliphatic carbocycles. The molecular formula is C10H8Cl3F2NO2. The molecule has 1 N–H and O–H groups in total. The molecule has 1 aliphatic rings. The molecule has 0 unspecified atom stereocenters. The van der Waals surface area contributed by atoms with Crippen LogP contribution in [0.5, 0.6) is 0 Å². The second-order valence-electron chi connectivity index (χ2n) is 3.59. The minimum Gasteiger partial charge on any atom is -0.443 e. The van der Waals surface area contributed by atoms with Crippen LogP contribution in [0.15, 0.2) is 18.2 Å². The van der Waals surface area contributed by atoms with E-state index in [0.29, 0.717) is 0 Å². The van der Waals surface area contributed by atoms with E-state index in [0.717, 1.165) is 0 Å². The number of halogens is 5. The van der Waals surface area contributed by atoms with Crippen molar-refractivity contribution in [1.82, 2.24) is 5.32 Å². The van der Waals surface area contributed by atoms with E-state index in [-0.39, 0.29) is 28.0 Å². The second kappa shape index (κ2) is 5.47. The summed E-state index contributed by atoms with van der Waals surface area (Å²) in [6.45, 7) is -0.955. The van der Waals surface area contributed by atoms with E-state index in [9.17, 15) is 13.6 Å². The van der Waals surface area contributed by atoms with E-state index < -0.39 is 24.7 Å². The molecule has 1 aromatic rings. The highest BCUT2D eigenvalue weighted by Crippen LogP contribution is 2.36. The number of nitrogens with one attached hydrogen (secondary N) is 1. The van der Waals surface area contributed by atoms with Gasteiger partial charge in [0.1, 0.15) is 6.04 Å². The van der Waals surface area contributed by atoms with Crippen LogP contribution in [0.3, 0.4) is 0 Å². The van der Waals surface area contributed by atoms with Crippen molar-refractivity contribution in [3.05, 3.63) is 33.8 Å². The Kier molecular flexibility index (Phi) is 4.64. The highest BCUT2D eigenvalue weighted by molar-refractivity contribution is 6.42. The van der Waals surface area contributed by atoms with Gasteiger partial charge >= 0.3 is 12.0 Å². The molecule has 2 rings (SSSR count). The van der Waals surface area contributed by atoms with Crippen LogP contribution in [-0.2, 0) is 4.74 Å². The summed E-state index contributed by atoms with van der Waals surface area (Å²) < 4.78 is 31.3. The van der Waals surface area contributed by atoms with Gasteiger partial charge in [0.2, 0.25) is 0 Å². The zero-order valence-electron chi connectivity index (χ0n) is 8.75. The number of hydrogen-bond donors (Lipinski definition) is 1. The molecule has 1 heterocycles. The number of benzene rings is 1. The molecule has 100 valence electrons. The number of amides is 1. The van der Waals surface area contributed by atoms with Crippen LogP contribution in [0.2, 0.25) is 10.0 Å². The molecule has 0 aromatic heterocycles. The quantitative estimate of drug-likeness (QED) is 0.854. The fourth-order valence-corrected chi connectivity index (χ4v) is 1.84. The van der Waals surface area contributed by atoms with Gasteiger partial charge in [-0.3, -0.25) is 0 Å². The Bertz CT molecular complexity index is 470. The summed E-state index contributed by atoms with van der Waals surface area (Å²) in [4.78, 5) is 11.0. The Morgan fingerprint density at radius 3 is 2.61 bits per heavy atom. The minimum atomic E-state index is -3.19. The van der Waals surface area contributed by atoms with Gasteiger partial charge in [-0.05, 0) is 17.7 Å². The third-order valence-electron chi connectivity index (χ3n) is 2.36. The molecule has 18 heavy (non-hydrogen) atoms. The fourth-order valence-electron chi connectivity index (χ4n) is 1.53. The first kappa shape index (κ1) is 15.3. The van der Waals surface area contributed by atoms with Crippen LogP contribution in [0, 0.1) is 0 Å². The third kappa shape index (κ3) is 2.96. The summed E-state index contributed by atoms with van der Waals surface area (Å²) in [6.07, 6.45) is -0.882. The van der Waals surface area contributed by atoms with Gasteiger partial charge in [0.05, 0.1) is 10.0 Å². The molecular weight excluding hydrogens is 310 g/mol. The molecule has 1 atom stereocenters. The number of rotatable bonds is 1. The minimum absolute atomic E-state index is 0. The number of cyclic esters (lactones) is 1. The zero-order valence-corrected chi connectivity index (χ0v) is 11.1. The van der Waals surface area contributed by atoms with E-state index in [2.05, 4.69) is 10.1 Å². The molecule has 3 nitrogen and oxygen atoms in total. The molecule has 0 spiro atoms. The Hall–Kier alpha value is -0.780. The second-order valence-corrected chi connectivity index (χ2v) is 4.40. The number of hydrogen-bond acceptors (Lipinski definition) is 2. The molecule has 1 amide bonds. The Labute approximate surface area is 118 Å². The standard InChI is InChI=1S/C10H7Cl2F2NO2.ClH/c11-6-2-1-5(3-7(6)12)8-10(13,14)4-17-9(16)15-8;/h1-3,8H,4H2,(H,15,16);1H/t8-;/m1./s1. The van der Waals surface area contributed by atoms with Gasteiger partial charge in [0.15, 0.2) is 6.61 Å². The lowest BCUT2D eigenvalue weighted by Crippen LogP contribution is -2.49. The Balaban J connectivity index is 0.00000162. The first-order valence-electron chi connectivity index (χ1n) is 4.66. The van der Waals surface area contributed by atoms with E-state index in [4.69, 9.17) is 23.2 Å². The van der Waals surface area contributed by atoms with Crippen molar-refractivity contribution in [2.45, 2.75) is 12.0 Å². The number of alkyl halides is 2. The van der Waals surface area contributed by atoms with Gasteiger partial charge in [0.25, 0.3) is 0 Å². The average Bonchev–Trinajstić information content (AvgIpc) is 2.26. The number of carbonyl (C=O) groups excluding carboxylic acids is 1. The molecule has 1 saturated heterocycles. The molecule has 0 radical (unpaired) electrons. The summed E-state index contributed by atoms with van der Waals surface area (Å²) in [6, 6.07) is 2.63. The van der Waals surface area contributed by atoms with E-state index in [1.54, 1.807) is 0 Å². The molecule has 0 saturated carbocycles. The number of carbonyl (C=O) groups is 1. The van der Waals surface area contributed by atoms with Crippen molar-refractivity contribution < 1.29 is 18.3 Å². The summed E-state index contributed by atoms with van der Waals surface area (Å²) in [5, 5.41) is 2.47. The monoisotopic (exact) mass is 317 g/mol. The molecule has 0 bridgehead atoms. The van der Waals surface area contributed by atoms with Crippen LogP contribution in [0.4, 0.5) is 13.6 Å². The van der Waals surface area contributed by atoms with Crippen LogP contribution < -0.4 is 5.32 Å². The van der Waals surface area contributed by atoms with Crippen LogP contribution in [-0.4, -0.2) is 18.6 Å². The van der Waals surface area contributed by atoms with Gasteiger partial charge in [-0.25, -0.2) is 13.6 Å². The summed E-state index contributed by atoms with van der Waals surface area (Å²) >= 11 is 11.4. The summed E-state index contributed by atoms with van der Waals surface area (Å²) in [5.74, 6) is -3.19. The summed E-state index contributed by atoms with van der Waals surface area (Å²) in [7, 11) is 0. The van der Waals surface area contributed by atoms with Crippen molar-refractivity contribution in [2.24, 2.45) is 0 Å². The average molecular weight is 319 g/mol. The largest absolute Gasteiger partial charge is 0.443 e. The predicted octanol–water partition coefficient (Wildman–Crippen LogP) is 3.83. The van der Waals surface area contributed by atoms with Gasteiger partial charge in [-0.1, -0.05) is 29.3 Å². The smallest absolute Gasteiger partial charge is 0.408 e. The van der Waals surface area contributed by atoms with Crippen molar-refractivity contribution in [3.8, 4) is 0 Å². The highest BCUT2D eigenvalue weighted by atomic mass is 35.5. The Morgan fingerprint density at radius 1 is 1.33 bits per heavy atom. The van der Waals surface area contributed by atoms with Gasteiger partial charge in [-0.15, -0.1) is 12.4 Å². The molecule has 8 heteroatoms. The lowest BCUT2D eigenvalue weighted by molar-refractivity contribution is -0.104. The normalized spacial score (nSPS) is 21.6. The van der Waals surface area contributed by atoms with E-state index in [1.807, 2.05) is 0 Å². The lowest BCUT2D eigenvalue weighted by atomic mass is 10.0. The highest BCUT2D eigenvalue weighted by Gasteiger charge is 2.46. The van der Waals surface area contributed by atoms with E-state index in [1.165, 1.54) is 18.2 Å². The van der Waals surface area contributed by atoms with Crippen molar-refractivity contribution in [3.63, 3.8) is 0 Å². The fraction of sp³-hybridized carbons (Fsp3) is 0.300. The maximum atomic E-state index is 13.5. The van der Waals surface area contributed by atoms with Crippen molar-refractivity contribution in [1.29, 1.82) is 0 Å². The molecule has 1 aliphatic heterocycles.